The van der Waals surface area contributed by atoms with E-state index in [2.05, 4.69) is 14.9 Å². The van der Waals surface area contributed by atoms with Crippen LogP contribution in [0.3, 0.4) is 0 Å². The first-order valence-electron chi connectivity index (χ1n) is 6.08. The van der Waals surface area contributed by atoms with E-state index in [1.165, 1.54) is 12.1 Å². The SMILES string of the molecule is O=C(O)[C@H]1CCCN1S(=O)(=O)c1ccc(Cl)c2nonc12. The molecule has 0 aliphatic carbocycles. The lowest BCUT2D eigenvalue weighted by molar-refractivity contribution is -0.140. The Kier molecular flexibility index (Phi) is 3.34. The van der Waals surface area contributed by atoms with Gasteiger partial charge in [-0.2, -0.15) is 4.31 Å². The van der Waals surface area contributed by atoms with E-state index >= 15 is 0 Å². The molecule has 1 fully saturated rings. The van der Waals surface area contributed by atoms with E-state index in [1.807, 2.05) is 0 Å². The van der Waals surface area contributed by atoms with Crippen LogP contribution in [0.2, 0.25) is 5.02 Å². The van der Waals surface area contributed by atoms with Gasteiger partial charge in [0.2, 0.25) is 10.0 Å². The summed E-state index contributed by atoms with van der Waals surface area (Å²) in [6, 6.07) is 1.58. The average molecular weight is 332 g/mol. The molecule has 8 nitrogen and oxygen atoms in total. The van der Waals surface area contributed by atoms with Crippen LogP contribution in [0.25, 0.3) is 11.0 Å². The van der Waals surface area contributed by atoms with Crippen LogP contribution in [0.1, 0.15) is 12.8 Å². The van der Waals surface area contributed by atoms with Gasteiger partial charge in [0, 0.05) is 6.54 Å². The maximum atomic E-state index is 12.7. The summed E-state index contributed by atoms with van der Waals surface area (Å²) in [5, 5.41) is 16.5. The number of nitrogens with zero attached hydrogens (tertiary/aromatic N) is 3. The first-order valence-corrected chi connectivity index (χ1v) is 7.90. The quantitative estimate of drug-likeness (QED) is 0.896. The average Bonchev–Trinajstić information content (AvgIpc) is 3.08. The van der Waals surface area contributed by atoms with E-state index in [9.17, 15) is 13.2 Å². The van der Waals surface area contributed by atoms with Crippen LogP contribution in [0.5, 0.6) is 0 Å². The van der Waals surface area contributed by atoms with Gasteiger partial charge in [-0.05, 0) is 35.3 Å². The van der Waals surface area contributed by atoms with Crippen LogP contribution in [0, 0.1) is 0 Å². The largest absolute Gasteiger partial charge is 0.480 e. The summed E-state index contributed by atoms with van der Waals surface area (Å²) in [5.41, 5.74) is 0.127. The number of aliphatic carboxylic acids is 1. The van der Waals surface area contributed by atoms with Crippen LogP contribution in [0.15, 0.2) is 21.7 Å². The van der Waals surface area contributed by atoms with E-state index in [4.69, 9.17) is 16.7 Å². The second-order valence-electron chi connectivity index (χ2n) is 4.62. The lowest BCUT2D eigenvalue weighted by atomic mass is 10.2. The summed E-state index contributed by atoms with van der Waals surface area (Å²) in [4.78, 5) is 11.0. The Morgan fingerprint density at radius 2 is 2.10 bits per heavy atom. The zero-order valence-electron chi connectivity index (χ0n) is 10.6. The lowest BCUT2D eigenvalue weighted by Crippen LogP contribution is -2.40. The number of halogens is 1. The second kappa shape index (κ2) is 4.93. The molecule has 1 saturated heterocycles. The smallest absolute Gasteiger partial charge is 0.322 e. The van der Waals surface area contributed by atoms with Crippen molar-refractivity contribution < 1.29 is 22.9 Å². The molecule has 1 aromatic carbocycles. The Hall–Kier alpha value is -1.71. The van der Waals surface area contributed by atoms with Gasteiger partial charge in [0.15, 0.2) is 11.0 Å². The molecular formula is C11H10ClN3O5S. The molecule has 21 heavy (non-hydrogen) atoms. The van der Waals surface area contributed by atoms with Crippen molar-refractivity contribution in [2.24, 2.45) is 0 Å². The van der Waals surface area contributed by atoms with Gasteiger partial charge in [-0.3, -0.25) is 4.79 Å². The zero-order chi connectivity index (χ0) is 15.2. The van der Waals surface area contributed by atoms with Crippen LogP contribution in [-0.4, -0.2) is 46.7 Å². The van der Waals surface area contributed by atoms with E-state index in [-0.39, 0.29) is 33.9 Å². The first-order chi connectivity index (χ1) is 9.93. The Morgan fingerprint density at radius 1 is 1.38 bits per heavy atom. The third-order valence-corrected chi connectivity index (χ3v) is 5.65. The molecular weight excluding hydrogens is 322 g/mol. The predicted octanol–water partition coefficient (Wildman–Crippen LogP) is 1.11. The van der Waals surface area contributed by atoms with Crippen molar-refractivity contribution >= 4 is 38.6 Å². The third kappa shape index (κ3) is 2.17. The second-order valence-corrected chi connectivity index (χ2v) is 6.89. The standard InChI is InChI=1S/C11H10ClN3O5S/c12-6-3-4-8(10-9(6)13-20-14-10)21(18,19)15-5-1-2-7(15)11(16)17/h3-4,7H,1-2,5H2,(H,16,17)/t7-/m1/s1. The van der Waals surface area contributed by atoms with E-state index in [0.717, 1.165) is 4.31 Å². The van der Waals surface area contributed by atoms with Gasteiger partial charge in [0.25, 0.3) is 0 Å². The van der Waals surface area contributed by atoms with E-state index in [1.54, 1.807) is 0 Å². The zero-order valence-corrected chi connectivity index (χ0v) is 12.1. The van der Waals surface area contributed by atoms with Crippen molar-refractivity contribution in [1.29, 1.82) is 0 Å². The molecule has 1 aromatic heterocycles. The van der Waals surface area contributed by atoms with Crippen LogP contribution in [0.4, 0.5) is 0 Å². The number of rotatable bonds is 3. The van der Waals surface area contributed by atoms with Gasteiger partial charge in [-0.1, -0.05) is 11.6 Å². The molecule has 0 bridgehead atoms. The number of hydrogen-bond donors (Lipinski definition) is 1. The van der Waals surface area contributed by atoms with Crippen molar-refractivity contribution in [3.05, 3.63) is 17.2 Å². The minimum atomic E-state index is -4.01. The lowest BCUT2D eigenvalue weighted by Gasteiger charge is -2.20. The Bertz CT molecular complexity index is 818. The van der Waals surface area contributed by atoms with E-state index < -0.39 is 22.0 Å². The van der Waals surface area contributed by atoms with Crippen molar-refractivity contribution in [1.82, 2.24) is 14.6 Å². The van der Waals surface area contributed by atoms with Crippen LogP contribution < -0.4 is 0 Å². The van der Waals surface area contributed by atoms with Gasteiger partial charge >= 0.3 is 5.97 Å². The number of sulfonamides is 1. The summed E-state index contributed by atoms with van der Waals surface area (Å²) in [7, 11) is -4.01. The van der Waals surface area contributed by atoms with Gasteiger partial charge in [0.1, 0.15) is 10.9 Å². The molecule has 1 N–H and O–H groups in total. The molecule has 112 valence electrons. The highest BCUT2D eigenvalue weighted by Gasteiger charge is 2.40. The molecule has 2 heterocycles. The third-order valence-electron chi connectivity index (χ3n) is 3.40. The van der Waals surface area contributed by atoms with Crippen molar-refractivity contribution in [3.63, 3.8) is 0 Å². The molecule has 1 aliphatic rings. The minimum Gasteiger partial charge on any atom is -0.480 e. The normalized spacial score (nSPS) is 20.1. The molecule has 0 unspecified atom stereocenters. The maximum Gasteiger partial charge on any atom is 0.322 e. The molecule has 0 radical (unpaired) electrons. The van der Waals surface area contributed by atoms with Crippen molar-refractivity contribution in [2.75, 3.05) is 6.54 Å². The molecule has 0 amide bonds. The van der Waals surface area contributed by atoms with E-state index in [0.29, 0.717) is 6.42 Å². The summed E-state index contributed by atoms with van der Waals surface area (Å²) >= 11 is 5.89. The van der Waals surface area contributed by atoms with Gasteiger partial charge in [0.05, 0.1) is 5.02 Å². The fourth-order valence-electron chi connectivity index (χ4n) is 2.42. The molecule has 1 aliphatic heterocycles. The molecule has 10 heteroatoms. The Balaban J connectivity index is 2.15. The number of aromatic nitrogens is 2. The Labute approximate surface area is 124 Å². The number of benzene rings is 1. The van der Waals surface area contributed by atoms with Gasteiger partial charge in [-0.25, -0.2) is 13.0 Å². The highest BCUT2D eigenvalue weighted by molar-refractivity contribution is 7.89. The van der Waals surface area contributed by atoms with Crippen molar-refractivity contribution in [2.45, 2.75) is 23.8 Å². The number of fused-ring (bicyclic) bond motifs is 1. The summed E-state index contributed by atoms with van der Waals surface area (Å²) in [6.07, 6.45) is 0.770. The number of carboxylic acid groups (broad SMARTS) is 1. The molecule has 0 spiro atoms. The van der Waals surface area contributed by atoms with Gasteiger partial charge < -0.3 is 5.11 Å². The highest BCUT2D eigenvalue weighted by atomic mass is 35.5. The summed E-state index contributed by atoms with van der Waals surface area (Å²) in [6.45, 7) is 0.148. The summed E-state index contributed by atoms with van der Waals surface area (Å²) < 4.78 is 30.9. The molecule has 1 atom stereocenters. The maximum absolute atomic E-state index is 12.7. The topological polar surface area (TPSA) is 114 Å². The van der Waals surface area contributed by atoms with Crippen LogP contribution >= 0.6 is 11.6 Å². The molecule has 0 saturated carbocycles. The van der Waals surface area contributed by atoms with Crippen LogP contribution in [-0.2, 0) is 14.8 Å². The van der Waals surface area contributed by atoms with Crippen molar-refractivity contribution in [3.8, 4) is 0 Å². The molecule has 3 rings (SSSR count). The first kappa shape index (κ1) is 14.2. The Morgan fingerprint density at radius 3 is 2.81 bits per heavy atom. The highest BCUT2D eigenvalue weighted by Crippen LogP contribution is 2.32. The monoisotopic (exact) mass is 331 g/mol. The fourth-order valence-corrected chi connectivity index (χ4v) is 4.38. The van der Waals surface area contributed by atoms with Gasteiger partial charge in [-0.15, -0.1) is 0 Å². The fraction of sp³-hybridized carbons (Fsp3) is 0.364. The number of carboxylic acids is 1. The number of carbonyl (C=O) groups is 1. The molecule has 2 aromatic rings. The minimum absolute atomic E-state index is 0.00135. The summed E-state index contributed by atoms with van der Waals surface area (Å²) in [5.74, 6) is -1.17. The predicted molar refractivity (Wildman–Crippen MR) is 71.4 cm³/mol. The number of hydrogen-bond acceptors (Lipinski definition) is 6.